The maximum absolute atomic E-state index is 13.0. The van der Waals surface area contributed by atoms with E-state index in [2.05, 4.69) is 0 Å². The number of benzene rings is 1. The number of imide groups is 1. The fraction of sp³-hybridized carbons (Fsp3) is 0.308. The molecule has 1 aliphatic heterocycles. The second-order valence-electron chi connectivity index (χ2n) is 4.59. The molecule has 1 unspecified atom stereocenters. The molecular formula is C13H11F2NO4. The Hall–Kier alpha value is -2.31. The van der Waals surface area contributed by atoms with Crippen molar-refractivity contribution in [1.82, 2.24) is 4.90 Å². The third-order valence-corrected chi connectivity index (χ3v) is 3.04. The predicted octanol–water partition coefficient (Wildman–Crippen LogP) is 0.967. The monoisotopic (exact) mass is 283 g/mol. The zero-order chi connectivity index (χ0) is 14.9. The van der Waals surface area contributed by atoms with Gasteiger partial charge in [0.25, 0.3) is 0 Å². The van der Waals surface area contributed by atoms with Gasteiger partial charge in [-0.1, -0.05) is 0 Å². The molecule has 0 saturated carbocycles. The third kappa shape index (κ3) is 2.98. The van der Waals surface area contributed by atoms with Gasteiger partial charge in [-0.3, -0.25) is 19.3 Å². The van der Waals surface area contributed by atoms with Gasteiger partial charge in [0, 0.05) is 12.5 Å². The fourth-order valence-electron chi connectivity index (χ4n) is 2.23. The number of halogens is 2. The van der Waals surface area contributed by atoms with Crippen LogP contribution in [0.25, 0.3) is 0 Å². The Kier molecular flexibility index (Phi) is 3.78. The summed E-state index contributed by atoms with van der Waals surface area (Å²) in [6.07, 6.45) is -0.153. The molecule has 5 nitrogen and oxygen atoms in total. The van der Waals surface area contributed by atoms with Gasteiger partial charge in [0.2, 0.25) is 11.8 Å². The molecule has 0 radical (unpaired) electrons. The van der Waals surface area contributed by atoms with Gasteiger partial charge in [0.05, 0.1) is 5.92 Å². The maximum Gasteiger partial charge on any atom is 0.323 e. The Morgan fingerprint density at radius 3 is 2.40 bits per heavy atom. The number of hydrogen-bond acceptors (Lipinski definition) is 3. The second-order valence-corrected chi connectivity index (χ2v) is 4.59. The molecule has 1 fully saturated rings. The molecule has 1 atom stereocenters. The van der Waals surface area contributed by atoms with Crippen LogP contribution in [0.1, 0.15) is 12.0 Å². The molecule has 1 aromatic rings. The molecule has 0 aliphatic carbocycles. The van der Waals surface area contributed by atoms with E-state index in [1.165, 1.54) is 0 Å². The van der Waals surface area contributed by atoms with Crippen LogP contribution in [0, 0.1) is 17.6 Å². The zero-order valence-corrected chi connectivity index (χ0v) is 10.3. The smallest absolute Gasteiger partial charge is 0.323 e. The van der Waals surface area contributed by atoms with Gasteiger partial charge in [-0.05, 0) is 24.1 Å². The lowest BCUT2D eigenvalue weighted by Gasteiger charge is -2.12. The van der Waals surface area contributed by atoms with E-state index < -0.39 is 41.9 Å². The van der Waals surface area contributed by atoms with Crippen LogP contribution in [0.5, 0.6) is 0 Å². The molecular weight excluding hydrogens is 272 g/mol. The minimum absolute atomic E-state index is 0.00459. The highest BCUT2D eigenvalue weighted by atomic mass is 19.1. The lowest BCUT2D eigenvalue weighted by atomic mass is 9.98. The maximum atomic E-state index is 13.0. The lowest BCUT2D eigenvalue weighted by molar-refractivity contribution is -0.149. The number of rotatable bonds is 4. The number of carbonyl (C=O) groups is 3. The Morgan fingerprint density at radius 1 is 1.25 bits per heavy atom. The first-order valence-electron chi connectivity index (χ1n) is 5.88. The van der Waals surface area contributed by atoms with E-state index in [-0.39, 0.29) is 18.4 Å². The predicted molar refractivity (Wildman–Crippen MR) is 62.5 cm³/mol. The molecule has 7 heteroatoms. The van der Waals surface area contributed by atoms with Crippen molar-refractivity contribution in [1.29, 1.82) is 0 Å². The number of carboxylic acids is 1. The molecule has 0 aromatic heterocycles. The van der Waals surface area contributed by atoms with Gasteiger partial charge in [-0.2, -0.15) is 0 Å². The van der Waals surface area contributed by atoms with Crippen LogP contribution in [-0.4, -0.2) is 34.3 Å². The Morgan fingerprint density at radius 2 is 1.85 bits per heavy atom. The first kappa shape index (κ1) is 14.1. The fourth-order valence-corrected chi connectivity index (χ4v) is 2.23. The first-order chi connectivity index (χ1) is 9.36. The van der Waals surface area contributed by atoms with Gasteiger partial charge < -0.3 is 5.11 Å². The van der Waals surface area contributed by atoms with E-state index in [9.17, 15) is 23.2 Å². The standard InChI is InChI=1S/C13H11F2NO4/c14-9-2-7(3-10(15)5-9)1-8-4-11(17)16(13(8)20)6-12(18)19/h2-3,5,8H,1,4,6H2,(H,18,19). The van der Waals surface area contributed by atoms with Crippen molar-refractivity contribution in [2.75, 3.05) is 6.54 Å². The van der Waals surface area contributed by atoms with E-state index in [0.717, 1.165) is 12.1 Å². The van der Waals surface area contributed by atoms with Crippen molar-refractivity contribution < 1.29 is 28.3 Å². The average Bonchev–Trinajstić information content (AvgIpc) is 2.55. The quantitative estimate of drug-likeness (QED) is 0.835. The zero-order valence-electron chi connectivity index (χ0n) is 10.3. The summed E-state index contributed by atoms with van der Waals surface area (Å²) in [6, 6.07) is 2.88. The molecule has 1 saturated heterocycles. The van der Waals surface area contributed by atoms with Crippen molar-refractivity contribution in [3.05, 3.63) is 35.4 Å². The summed E-state index contributed by atoms with van der Waals surface area (Å²) in [5, 5.41) is 8.61. The lowest BCUT2D eigenvalue weighted by Crippen LogP contribution is -2.35. The van der Waals surface area contributed by atoms with Crippen molar-refractivity contribution >= 4 is 17.8 Å². The number of carbonyl (C=O) groups excluding carboxylic acids is 2. The van der Waals surface area contributed by atoms with Crippen molar-refractivity contribution in [3.63, 3.8) is 0 Å². The molecule has 2 amide bonds. The number of amides is 2. The third-order valence-electron chi connectivity index (χ3n) is 3.04. The molecule has 0 spiro atoms. The number of hydrogen-bond donors (Lipinski definition) is 1. The van der Waals surface area contributed by atoms with E-state index in [0.29, 0.717) is 11.0 Å². The molecule has 1 aromatic carbocycles. The molecule has 20 heavy (non-hydrogen) atoms. The minimum Gasteiger partial charge on any atom is -0.480 e. The highest BCUT2D eigenvalue weighted by Gasteiger charge is 2.39. The minimum atomic E-state index is -1.29. The van der Waals surface area contributed by atoms with Crippen molar-refractivity contribution in [3.8, 4) is 0 Å². The summed E-state index contributed by atoms with van der Waals surface area (Å²) in [6.45, 7) is -0.689. The van der Waals surface area contributed by atoms with Crippen LogP contribution in [0.4, 0.5) is 8.78 Å². The summed E-state index contributed by atoms with van der Waals surface area (Å²) in [5.41, 5.74) is 0.255. The van der Waals surface area contributed by atoms with E-state index in [1.54, 1.807) is 0 Å². The van der Waals surface area contributed by atoms with E-state index in [4.69, 9.17) is 5.11 Å². The van der Waals surface area contributed by atoms with Crippen molar-refractivity contribution in [2.45, 2.75) is 12.8 Å². The topological polar surface area (TPSA) is 74.7 Å². The summed E-state index contributed by atoms with van der Waals surface area (Å²) < 4.78 is 26.1. The van der Waals surface area contributed by atoms with Gasteiger partial charge in [-0.15, -0.1) is 0 Å². The van der Waals surface area contributed by atoms with Crippen LogP contribution in [0.2, 0.25) is 0 Å². The largest absolute Gasteiger partial charge is 0.480 e. The average molecular weight is 283 g/mol. The summed E-state index contributed by atoms with van der Waals surface area (Å²) >= 11 is 0. The van der Waals surface area contributed by atoms with Crippen LogP contribution in [0.3, 0.4) is 0 Å². The van der Waals surface area contributed by atoms with Crippen LogP contribution < -0.4 is 0 Å². The van der Waals surface area contributed by atoms with Crippen LogP contribution in [-0.2, 0) is 20.8 Å². The molecule has 1 aliphatic rings. The van der Waals surface area contributed by atoms with Crippen molar-refractivity contribution in [2.24, 2.45) is 5.92 Å². The van der Waals surface area contributed by atoms with Gasteiger partial charge in [0.15, 0.2) is 0 Å². The first-order valence-corrected chi connectivity index (χ1v) is 5.88. The normalized spacial score (nSPS) is 18.7. The van der Waals surface area contributed by atoms with Gasteiger partial charge >= 0.3 is 5.97 Å². The van der Waals surface area contributed by atoms with E-state index in [1.807, 2.05) is 0 Å². The number of aliphatic carboxylic acids is 1. The summed E-state index contributed by atoms with van der Waals surface area (Å²) in [7, 11) is 0. The molecule has 1 N–H and O–H groups in total. The number of nitrogens with zero attached hydrogens (tertiary/aromatic N) is 1. The van der Waals surface area contributed by atoms with Crippen LogP contribution >= 0.6 is 0 Å². The highest BCUT2D eigenvalue weighted by molar-refractivity contribution is 6.05. The second kappa shape index (κ2) is 5.36. The molecule has 1 heterocycles. The number of likely N-dealkylation sites (tertiary alicyclic amines) is 1. The molecule has 106 valence electrons. The Bertz CT molecular complexity index is 567. The highest BCUT2D eigenvalue weighted by Crippen LogP contribution is 2.24. The van der Waals surface area contributed by atoms with Gasteiger partial charge in [0.1, 0.15) is 18.2 Å². The van der Waals surface area contributed by atoms with Crippen LogP contribution in [0.15, 0.2) is 18.2 Å². The van der Waals surface area contributed by atoms with Gasteiger partial charge in [-0.25, -0.2) is 8.78 Å². The number of carboxylic acid groups (broad SMARTS) is 1. The SMILES string of the molecule is O=C(O)CN1C(=O)CC(Cc2cc(F)cc(F)c2)C1=O. The summed E-state index contributed by atoms with van der Waals surface area (Å²) in [5.74, 6) is -4.80. The summed E-state index contributed by atoms with van der Waals surface area (Å²) in [4.78, 5) is 34.6. The molecule has 0 bridgehead atoms. The Labute approximate surface area is 112 Å². The Balaban J connectivity index is 2.13. The van der Waals surface area contributed by atoms with E-state index >= 15 is 0 Å². The molecule has 2 rings (SSSR count).